The summed E-state index contributed by atoms with van der Waals surface area (Å²) in [6.45, 7) is 76.2. The van der Waals surface area contributed by atoms with Crippen molar-refractivity contribution in [3.05, 3.63) is 181 Å². The third kappa shape index (κ3) is 22.1. The summed E-state index contributed by atoms with van der Waals surface area (Å²) in [4.78, 5) is 46.5. The number of aromatic amines is 2. The molecule has 4 heterocycles. The van der Waals surface area contributed by atoms with Crippen LogP contribution in [0.5, 0.6) is 0 Å². The molecule has 0 atom stereocenters. The molecule has 441 valence electrons. The van der Waals surface area contributed by atoms with Crippen molar-refractivity contribution in [1.29, 1.82) is 0 Å². The van der Waals surface area contributed by atoms with Crippen molar-refractivity contribution >= 4 is 0 Å². The molecule has 0 saturated carbocycles. The van der Waals surface area contributed by atoms with E-state index in [4.69, 9.17) is 0 Å². The predicted octanol–water partition coefficient (Wildman–Crippen LogP) is 18.2. The van der Waals surface area contributed by atoms with Gasteiger partial charge in [0, 0.05) is 66.5 Å². The van der Waals surface area contributed by atoms with Crippen LogP contribution in [0.1, 0.15) is 252 Å². The molecule has 8 nitrogen and oxygen atoms in total. The number of hydrogen-bond acceptors (Lipinski definition) is 6. The van der Waals surface area contributed by atoms with Crippen molar-refractivity contribution in [3.8, 4) is 0 Å². The minimum atomic E-state index is -0.188. The number of hydrogen-bond donors (Lipinski definition) is 2. The van der Waals surface area contributed by atoms with Crippen LogP contribution in [0.2, 0.25) is 0 Å². The molecule has 1 radical (unpaired) electrons. The van der Waals surface area contributed by atoms with Gasteiger partial charge in [-0.3, -0.25) is 24.5 Å². The average molecular weight is 1170 g/mol. The van der Waals surface area contributed by atoms with Gasteiger partial charge in [0.15, 0.2) is 0 Å². The SMILES string of the molecule is C=C1CC(C)=CC(C)=C1C(C)(C)C.Cc1[nH]c(=O)c(C(C)(C)C)c(C)c1C.Cc1cc(C)c(C(C)(C)C)c(C)c1.Cc1n[c-]c(C(C)(C)C)nc1C.Cc1nc(C(C)(C)C)c(=O)[nH]c1C.Cc1nc(C)c(C(C)(C)C)c(C)c1C.[Y]. The zero-order valence-electron chi connectivity index (χ0n) is 57.3. The first kappa shape index (κ1) is 75.6. The summed E-state index contributed by atoms with van der Waals surface area (Å²) in [6, 6.07) is 4.54. The predicted molar refractivity (Wildman–Crippen MR) is 343 cm³/mol. The first-order valence-corrected chi connectivity index (χ1v) is 28.5. The molecule has 1 aliphatic carbocycles. The Morgan fingerprint density at radius 2 is 0.900 bits per heavy atom. The molecule has 80 heavy (non-hydrogen) atoms. The summed E-state index contributed by atoms with van der Waals surface area (Å²) < 4.78 is 0. The van der Waals surface area contributed by atoms with Crippen molar-refractivity contribution in [2.75, 3.05) is 0 Å². The Balaban J connectivity index is 0.000000934. The molecule has 9 heteroatoms. The van der Waals surface area contributed by atoms with Crippen molar-refractivity contribution < 1.29 is 32.7 Å². The summed E-state index contributed by atoms with van der Waals surface area (Å²) in [5.74, 6) is 0. The Bertz CT molecular complexity index is 3110. The summed E-state index contributed by atoms with van der Waals surface area (Å²) in [7, 11) is 0. The second kappa shape index (κ2) is 29.2. The standard InChI is InChI=1S/C13H21N.2C13H20.C12H19NO.C10H16N2O.C10H15N2.Y/c1-8-9(2)12(13(5,6)7)11(4)14-10(8)3;2*1-9-7-10(2)12(11(3)8-9)13(4,5)6;1-7-8(2)10(12(4,5)6)11(14)13-9(7)3;1-6-7(2)12-9(13)8(11-6)10(3,4)5;1-7-8(2)12-9(6-11-7)10(3,4)5;/h1-7H3;7-8H,1-6H3;8H,2,7H2,1,3-6H3;1-6H3,(H,13,14);1-5H3,(H,12,13);1-5H3;/q;;;;;-1;. The molecule has 0 bridgehead atoms. The minimum Gasteiger partial charge on any atom is -0.453 e. The van der Waals surface area contributed by atoms with Gasteiger partial charge in [-0.1, -0.05) is 173 Å². The normalized spacial score (nSPS) is 12.9. The van der Waals surface area contributed by atoms with E-state index in [1.165, 1.54) is 72.5 Å². The van der Waals surface area contributed by atoms with E-state index in [-0.39, 0.29) is 76.3 Å². The second-order valence-electron chi connectivity index (χ2n) is 28.7. The van der Waals surface area contributed by atoms with E-state index >= 15 is 0 Å². The number of rotatable bonds is 0. The number of aromatic nitrogens is 6. The van der Waals surface area contributed by atoms with Crippen molar-refractivity contribution in [2.24, 2.45) is 5.41 Å². The Kier molecular flexibility index (Phi) is 27.6. The average Bonchev–Trinajstić information content (AvgIpc) is 3.22. The van der Waals surface area contributed by atoms with Crippen molar-refractivity contribution in [1.82, 2.24) is 29.9 Å². The van der Waals surface area contributed by atoms with Gasteiger partial charge in [0.2, 0.25) is 0 Å². The third-order valence-corrected chi connectivity index (χ3v) is 14.5. The van der Waals surface area contributed by atoms with Crippen LogP contribution in [0, 0.1) is 109 Å². The maximum Gasteiger partial charge on any atom is 0.270 e. The van der Waals surface area contributed by atoms with Crippen LogP contribution in [-0.2, 0) is 59.8 Å². The molecule has 0 unspecified atom stereocenters. The number of pyridine rings is 2. The van der Waals surface area contributed by atoms with E-state index in [1.807, 2.05) is 62.3 Å². The third-order valence-electron chi connectivity index (χ3n) is 14.5. The van der Waals surface area contributed by atoms with Gasteiger partial charge in [-0.05, 0) is 210 Å². The molecule has 0 amide bonds. The Morgan fingerprint density at radius 1 is 0.450 bits per heavy atom. The van der Waals surface area contributed by atoms with Gasteiger partial charge in [0.05, 0.1) is 5.69 Å². The molecule has 6 rings (SSSR count). The summed E-state index contributed by atoms with van der Waals surface area (Å²) in [6.07, 6.45) is 6.29. The zero-order valence-corrected chi connectivity index (χ0v) is 60.2. The van der Waals surface area contributed by atoms with Crippen LogP contribution in [0.3, 0.4) is 0 Å². The van der Waals surface area contributed by atoms with Crippen LogP contribution in [0.4, 0.5) is 0 Å². The van der Waals surface area contributed by atoms with Crippen LogP contribution in [-0.4, -0.2) is 29.9 Å². The number of benzene rings is 1. The second-order valence-corrected chi connectivity index (χ2v) is 28.7. The molecule has 0 saturated heterocycles. The molecule has 1 aliphatic rings. The first-order chi connectivity index (χ1) is 35.4. The summed E-state index contributed by atoms with van der Waals surface area (Å²) >= 11 is 0. The molecule has 2 N–H and O–H groups in total. The Hall–Kier alpha value is -4.40. The molecule has 4 aromatic heterocycles. The van der Waals surface area contributed by atoms with Gasteiger partial charge in [0.25, 0.3) is 11.1 Å². The first-order valence-electron chi connectivity index (χ1n) is 28.5. The Labute approximate surface area is 514 Å². The maximum atomic E-state index is 11.8. The molecule has 0 spiro atoms. The molecule has 5 aromatic rings. The number of aryl methyl sites for hydroxylation is 10. The fourth-order valence-corrected chi connectivity index (χ4v) is 10.7. The van der Waals surface area contributed by atoms with Gasteiger partial charge in [-0.2, -0.15) is 0 Å². The number of nitrogens with one attached hydrogen (secondary N) is 2. The summed E-state index contributed by atoms with van der Waals surface area (Å²) in [5, 5.41) is 0. The van der Waals surface area contributed by atoms with E-state index < -0.39 is 0 Å². The molecule has 0 aliphatic heterocycles. The van der Waals surface area contributed by atoms with Gasteiger partial charge in [0.1, 0.15) is 5.69 Å². The molecule has 1 aromatic carbocycles. The van der Waals surface area contributed by atoms with E-state index in [2.05, 4.69) is 234 Å². The number of nitrogens with zero attached hydrogens (tertiary/aromatic N) is 4. The zero-order chi connectivity index (χ0) is 62.2. The van der Waals surface area contributed by atoms with Crippen LogP contribution < -0.4 is 11.1 Å². The Morgan fingerprint density at radius 3 is 1.30 bits per heavy atom. The monoisotopic (exact) mass is 1170 g/mol. The van der Waals surface area contributed by atoms with E-state index in [0.717, 1.165) is 57.4 Å². The van der Waals surface area contributed by atoms with Gasteiger partial charge < -0.3 is 15.0 Å². The smallest absolute Gasteiger partial charge is 0.270 e. The fourth-order valence-electron chi connectivity index (χ4n) is 10.7. The number of H-pyrrole nitrogens is 2. The number of allylic oxidation sites excluding steroid dienone is 5. The summed E-state index contributed by atoms with van der Waals surface area (Å²) in [5.41, 5.74) is 27.6. The quantitative estimate of drug-likeness (QED) is 0.149. The van der Waals surface area contributed by atoms with Gasteiger partial charge >= 0.3 is 0 Å². The van der Waals surface area contributed by atoms with Gasteiger partial charge in [-0.15, -0.1) is 6.20 Å². The van der Waals surface area contributed by atoms with Crippen LogP contribution >= 0.6 is 0 Å². The fraction of sp³-hybridized carbons (Fsp3) is 0.577. The maximum absolute atomic E-state index is 11.8. The molecular formula is C71H111N6O2Y-. The van der Waals surface area contributed by atoms with Crippen LogP contribution in [0.25, 0.3) is 0 Å². The molecule has 0 fully saturated rings. The van der Waals surface area contributed by atoms with E-state index in [1.54, 1.807) is 0 Å². The topological polar surface area (TPSA) is 117 Å². The van der Waals surface area contributed by atoms with E-state index in [9.17, 15) is 9.59 Å². The minimum absolute atomic E-state index is 0. The van der Waals surface area contributed by atoms with Gasteiger partial charge in [-0.25, -0.2) is 0 Å². The van der Waals surface area contributed by atoms with Crippen LogP contribution in [0.15, 0.2) is 56.7 Å². The molecular weight excluding hydrogens is 1060 g/mol. The van der Waals surface area contributed by atoms with Crippen molar-refractivity contribution in [2.45, 2.75) is 269 Å². The largest absolute Gasteiger partial charge is 0.453 e. The van der Waals surface area contributed by atoms with E-state index in [0.29, 0.717) is 5.69 Å². The van der Waals surface area contributed by atoms with Crippen molar-refractivity contribution in [3.63, 3.8) is 0 Å².